The molecule has 0 saturated carbocycles. The van der Waals surface area contributed by atoms with E-state index in [9.17, 15) is 10.1 Å². The highest BCUT2D eigenvalue weighted by Crippen LogP contribution is 2.29. The van der Waals surface area contributed by atoms with E-state index < -0.39 is 0 Å². The second-order valence-corrected chi connectivity index (χ2v) is 6.76. The van der Waals surface area contributed by atoms with E-state index in [1.807, 2.05) is 25.1 Å². The van der Waals surface area contributed by atoms with Crippen molar-refractivity contribution < 1.29 is 4.74 Å². The maximum Gasteiger partial charge on any atom is 0.272 e. The number of ether oxygens (including phenoxy) is 1. The van der Waals surface area contributed by atoms with Crippen molar-refractivity contribution in [3.8, 4) is 11.8 Å². The van der Waals surface area contributed by atoms with Gasteiger partial charge in [-0.2, -0.15) is 10.4 Å². The molecule has 2 aromatic carbocycles. The zero-order valence-electron chi connectivity index (χ0n) is 17.5. The lowest BCUT2D eigenvalue weighted by atomic mass is 9.92. The number of nitrogens with two attached hydrogens (primary N) is 2. The Hall–Kier alpha value is -3.96. The van der Waals surface area contributed by atoms with E-state index >= 15 is 0 Å². The molecule has 5 N–H and O–H groups in total. The molecule has 1 aromatic heterocycles. The van der Waals surface area contributed by atoms with Gasteiger partial charge in [0.1, 0.15) is 17.4 Å². The van der Waals surface area contributed by atoms with Crippen LogP contribution in [0.3, 0.4) is 0 Å². The molecule has 3 aromatic rings. The van der Waals surface area contributed by atoms with E-state index in [4.69, 9.17) is 16.2 Å². The zero-order chi connectivity index (χ0) is 22.4. The van der Waals surface area contributed by atoms with Crippen molar-refractivity contribution in [2.24, 2.45) is 16.5 Å². The van der Waals surface area contributed by atoms with Gasteiger partial charge in [-0.25, -0.2) is 5.10 Å². The first-order valence-electron chi connectivity index (χ1n) is 9.86. The molecule has 0 bridgehead atoms. The highest BCUT2D eigenvalue weighted by molar-refractivity contribution is 6.32. The fourth-order valence-electron chi connectivity index (χ4n) is 3.42. The fourth-order valence-corrected chi connectivity index (χ4v) is 3.42. The van der Waals surface area contributed by atoms with Crippen molar-refractivity contribution in [1.82, 2.24) is 10.2 Å². The standard InChI is InChI=1S/C23H24N6O2/c1-3-9-31-21-6-4-5-15(19(21)12-25)22(27-2)18(11-24)14-7-8-16-17(10-14)20(13-26)28-29-23(16)30/h4-8,10-11H,3,9,13,24,26H2,1-2H3,(H,29,30). The number of nitrogens with one attached hydrogen (secondary N) is 1. The molecule has 0 fully saturated rings. The van der Waals surface area contributed by atoms with Crippen LogP contribution in [0.25, 0.3) is 16.3 Å². The van der Waals surface area contributed by atoms with Crippen LogP contribution in [-0.4, -0.2) is 29.6 Å². The third kappa shape index (κ3) is 4.17. The Morgan fingerprint density at radius 3 is 2.77 bits per heavy atom. The number of aromatic nitrogens is 2. The summed E-state index contributed by atoms with van der Waals surface area (Å²) in [7, 11) is 1.64. The van der Waals surface area contributed by atoms with Crippen molar-refractivity contribution in [3.05, 3.63) is 75.3 Å². The summed E-state index contributed by atoms with van der Waals surface area (Å²) in [6.07, 6.45) is 2.26. The van der Waals surface area contributed by atoms with Crippen molar-refractivity contribution in [1.29, 1.82) is 5.26 Å². The number of benzene rings is 2. The smallest absolute Gasteiger partial charge is 0.272 e. The molecule has 0 atom stereocenters. The van der Waals surface area contributed by atoms with Crippen LogP contribution in [0, 0.1) is 11.3 Å². The summed E-state index contributed by atoms with van der Waals surface area (Å²) in [6.45, 7) is 2.67. The minimum atomic E-state index is -0.297. The van der Waals surface area contributed by atoms with Crippen LogP contribution in [0.2, 0.25) is 0 Å². The molecule has 31 heavy (non-hydrogen) atoms. The Morgan fingerprint density at radius 2 is 2.13 bits per heavy atom. The number of rotatable bonds is 7. The molecular formula is C23H24N6O2. The number of nitriles is 1. The molecule has 0 aliphatic carbocycles. The highest BCUT2D eigenvalue weighted by Gasteiger charge is 2.19. The van der Waals surface area contributed by atoms with Crippen molar-refractivity contribution >= 4 is 22.1 Å². The lowest BCUT2D eigenvalue weighted by molar-refractivity contribution is 0.316. The van der Waals surface area contributed by atoms with Crippen molar-refractivity contribution in [2.45, 2.75) is 19.9 Å². The normalized spacial score (nSPS) is 12.1. The van der Waals surface area contributed by atoms with Gasteiger partial charge >= 0.3 is 0 Å². The van der Waals surface area contributed by atoms with Crippen LogP contribution >= 0.6 is 0 Å². The quantitative estimate of drug-likeness (QED) is 0.505. The fraction of sp³-hybridized carbons (Fsp3) is 0.217. The first-order chi connectivity index (χ1) is 15.1. The molecule has 0 spiro atoms. The molecule has 0 saturated heterocycles. The molecule has 3 rings (SSSR count). The molecule has 0 aliphatic rings. The van der Waals surface area contributed by atoms with Crippen molar-refractivity contribution in [3.63, 3.8) is 0 Å². The van der Waals surface area contributed by atoms with Gasteiger partial charge < -0.3 is 16.2 Å². The van der Waals surface area contributed by atoms with Gasteiger partial charge in [0.2, 0.25) is 0 Å². The number of fused-ring (bicyclic) bond motifs is 1. The lowest BCUT2D eigenvalue weighted by Gasteiger charge is -2.15. The van der Waals surface area contributed by atoms with Crippen LogP contribution < -0.4 is 21.8 Å². The van der Waals surface area contributed by atoms with E-state index in [1.54, 1.807) is 25.2 Å². The molecule has 0 aliphatic heterocycles. The first kappa shape index (κ1) is 21.7. The molecule has 8 heteroatoms. The SMILES string of the molecule is CCCOc1cccc(C(=NC)C(=CN)c2ccc3c(=O)[nH]nc(CN)c3c2)c1C#N. The minimum Gasteiger partial charge on any atom is -0.492 e. The van der Waals surface area contributed by atoms with Crippen LogP contribution in [0.5, 0.6) is 5.75 Å². The molecule has 158 valence electrons. The summed E-state index contributed by atoms with van der Waals surface area (Å²) >= 11 is 0. The van der Waals surface area contributed by atoms with E-state index in [0.29, 0.717) is 51.2 Å². The average Bonchev–Trinajstić information content (AvgIpc) is 2.80. The predicted octanol–water partition coefficient (Wildman–Crippen LogP) is 2.46. The molecule has 8 nitrogen and oxygen atoms in total. The van der Waals surface area contributed by atoms with Gasteiger partial charge in [-0.15, -0.1) is 0 Å². The van der Waals surface area contributed by atoms with Gasteiger partial charge in [-0.3, -0.25) is 9.79 Å². The first-order valence-corrected chi connectivity index (χ1v) is 9.86. The highest BCUT2D eigenvalue weighted by atomic mass is 16.5. The molecular weight excluding hydrogens is 392 g/mol. The van der Waals surface area contributed by atoms with E-state index in [-0.39, 0.29) is 12.1 Å². The van der Waals surface area contributed by atoms with Gasteiger partial charge in [0, 0.05) is 36.3 Å². The Morgan fingerprint density at radius 1 is 1.32 bits per heavy atom. The van der Waals surface area contributed by atoms with Gasteiger partial charge in [0.05, 0.1) is 23.4 Å². The Kier molecular flexibility index (Phi) is 6.80. The molecule has 0 radical (unpaired) electrons. The van der Waals surface area contributed by atoms with E-state index in [2.05, 4.69) is 21.3 Å². The Bertz CT molecular complexity index is 1270. The number of hydrogen-bond donors (Lipinski definition) is 3. The summed E-state index contributed by atoms with van der Waals surface area (Å²) in [4.78, 5) is 16.6. The number of hydrogen-bond acceptors (Lipinski definition) is 7. The second kappa shape index (κ2) is 9.69. The summed E-state index contributed by atoms with van der Waals surface area (Å²) in [5, 5.41) is 17.4. The summed E-state index contributed by atoms with van der Waals surface area (Å²) in [5.41, 5.74) is 14.9. The number of H-pyrrole nitrogens is 1. The van der Waals surface area contributed by atoms with Gasteiger partial charge in [0.15, 0.2) is 0 Å². The summed E-state index contributed by atoms with van der Waals surface area (Å²) < 4.78 is 5.74. The molecule has 0 unspecified atom stereocenters. The van der Waals surface area contributed by atoms with Crippen LogP contribution in [0.4, 0.5) is 0 Å². The third-order valence-corrected chi connectivity index (χ3v) is 4.87. The topological polar surface area (TPSA) is 143 Å². The minimum absolute atomic E-state index is 0.169. The van der Waals surface area contributed by atoms with Crippen molar-refractivity contribution in [2.75, 3.05) is 13.7 Å². The van der Waals surface area contributed by atoms with Crippen LogP contribution in [0.1, 0.15) is 35.7 Å². The number of aliphatic imine (C=N–C) groups is 1. The second-order valence-electron chi connectivity index (χ2n) is 6.76. The summed E-state index contributed by atoms with van der Waals surface area (Å²) in [5.74, 6) is 0.499. The zero-order valence-corrected chi connectivity index (χ0v) is 17.5. The van der Waals surface area contributed by atoms with Gasteiger partial charge in [0.25, 0.3) is 5.56 Å². The van der Waals surface area contributed by atoms with Crippen LogP contribution in [-0.2, 0) is 6.54 Å². The van der Waals surface area contributed by atoms with E-state index in [1.165, 1.54) is 6.20 Å². The number of allylic oxidation sites excluding steroid dienone is 1. The average molecular weight is 416 g/mol. The maximum absolute atomic E-state index is 12.1. The largest absolute Gasteiger partial charge is 0.492 e. The van der Waals surface area contributed by atoms with Gasteiger partial charge in [-0.05, 0) is 30.2 Å². The molecule has 0 amide bonds. The molecule has 1 heterocycles. The van der Waals surface area contributed by atoms with E-state index in [0.717, 1.165) is 12.0 Å². The van der Waals surface area contributed by atoms with Crippen LogP contribution in [0.15, 0.2) is 52.4 Å². The Labute approximate surface area is 179 Å². The maximum atomic E-state index is 12.1. The summed E-state index contributed by atoms with van der Waals surface area (Å²) in [6, 6.07) is 12.9. The Balaban J connectivity index is 2.17. The number of nitrogens with zero attached hydrogens (tertiary/aromatic N) is 3. The van der Waals surface area contributed by atoms with Gasteiger partial charge in [-0.1, -0.05) is 25.1 Å². The number of aromatic amines is 1. The lowest BCUT2D eigenvalue weighted by Crippen LogP contribution is -2.14. The third-order valence-electron chi connectivity index (χ3n) is 4.87. The monoisotopic (exact) mass is 416 g/mol. The predicted molar refractivity (Wildman–Crippen MR) is 122 cm³/mol.